The molecule has 3 aliphatic carbocycles. The van der Waals surface area contributed by atoms with E-state index in [0.29, 0.717) is 25.7 Å². The highest BCUT2D eigenvalue weighted by Crippen LogP contribution is 2.59. The van der Waals surface area contributed by atoms with Gasteiger partial charge in [0.05, 0.1) is 24.4 Å². The highest BCUT2D eigenvalue weighted by atomic mass is 16.6. The summed E-state index contributed by atoms with van der Waals surface area (Å²) >= 11 is 0. The number of carbonyl (C=O) groups excluding carboxylic acids is 2. The highest BCUT2D eigenvalue weighted by Gasteiger charge is 2.56. The molecule has 1 heterocycles. The lowest BCUT2D eigenvalue weighted by atomic mass is 9.64. The number of allylic oxidation sites excluding steroid dienone is 1. The first-order valence-corrected chi connectivity index (χ1v) is 16.8. The first kappa shape index (κ1) is 34.6. The van der Waals surface area contributed by atoms with E-state index in [9.17, 15) is 30.0 Å². The minimum Gasteiger partial charge on any atom is -0.465 e. The predicted octanol–water partition coefficient (Wildman–Crippen LogP) is 4.66. The molecule has 1 saturated heterocycles. The van der Waals surface area contributed by atoms with E-state index in [0.717, 1.165) is 19.3 Å². The Balaban J connectivity index is 1.45. The molecule has 0 radical (unpaired) electrons. The summed E-state index contributed by atoms with van der Waals surface area (Å²) in [7, 11) is 0. The number of fused-ring (bicyclic) bond motifs is 2. The lowest BCUT2D eigenvalue weighted by Gasteiger charge is -2.48. The van der Waals surface area contributed by atoms with Gasteiger partial charge in [-0.05, 0) is 87.4 Å². The molecule has 3 fully saturated rings. The molecule has 4 aliphatic rings. The van der Waals surface area contributed by atoms with Crippen molar-refractivity contribution >= 4 is 11.8 Å². The second-order valence-corrected chi connectivity index (χ2v) is 15.5. The molecule has 4 N–H and O–H groups in total. The fourth-order valence-corrected chi connectivity index (χ4v) is 9.56. The third kappa shape index (κ3) is 6.38. The summed E-state index contributed by atoms with van der Waals surface area (Å²) in [6.45, 7) is 15.6. The molecule has 43 heavy (non-hydrogen) atoms. The van der Waals surface area contributed by atoms with Crippen molar-refractivity contribution in [2.45, 2.75) is 124 Å². The molecule has 0 aromatic rings. The summed E-state index contributed by atoms with van der Waals surface area (Å²) in [4.78, 5) is 25.9. The van der Waals surface area contributed by atoms with Gasteiger partial charge < -0.3 is 29.9 Å². The van der Waals surface area contributed by atoms with Gasteiger partial charge in [0.15, 0.2) is 5.79 Å². The third-order valence-corrected chi connectivity index (χ3v) is 12.3. The minimum atomic E-state index is -1.72. The zero-order valence-corrected chi connectivity index (χ0v) is 27.7. The SMILES string of the molecule is CCC(=O)[C@@H](C)[C@H]1O[C@@](O)([C@@H](C)C(=O)OC[C@@H](C)[C@H]2CC[C@]3(C)C[C@@H]4[C@H](CO)C[C@@H](O)[C@H]4[C@@](C)(O)CC=C23)[C@H](C)C[C@H]1C. The van der Waals surface area contributed by atoms with Gasteiger partial charge in [-0.3, -0.25) is 9.59 Å². The monoisotopic (exact) mass is 606 g/mol. The van der Waals surface area contributed by atoms with Gasteiger partial charge in [0, 0.05) is 30.8 Å². The number of ketones is 1. The Hall–Kier alpha value is -1.32. The Bertz CT molecular complexity index is 1050. The maximum Gasteiger partial charge on any atom is 0.314 e. The van der Waals surface area contributed by atoms with E-state index < -0.39 is 35.5 Å². The van der Waals surface area contributed by atoms with Gasteiger partial charge in [0.2, 0.25) is 0 Å². The second kappa shape index (κ2) is 12.8. The van der Waals surface area contributed by atoms with E-state index in [1.807, 2.05) is 34.6 Å². The molecule has 4 rings (SSSR count). The fourth-order valence-electron chi connectivity index (χ4n) is 9.56. The van der Waals surface area contributed by atoms with Gasteiger partial charge >= 0.3 is 5.97 Å². The summed E-state index contributed by atoms with van der Waals surface area (Å²) in [5, 5.41) is 44.1. The van der Waals surface area contributed by atoms with E-state index >= 15 is 0 Å². The Morgan fingerprint density at radius 1 is 1.14 bits per heavy atom. The molecular formula is C35H58O8. The van der Waals surface area contributed by atoms with Crippen molar-refractivity contribution in [1.82, 2.24) is 0 Å². The maximum absolute atomic E-state index is 13.4. The average molecular weight is 607 g/mol. The lowest BCUT2D eigenvalue weighted by molar-refractivity contribution is -0.318. The molecule has 0 unspecified atom stereocenters. The van der Waals surface area contributed by atoms with Gasteiger partial charge in [-0.2, -0.15) is 0 Å². The molecule has 0 spiro atoms. The molecule has 0 aromatic heterocycles. The standard InChI is InChI=1S/C35H58O8/c1-9-28(37)22(5)31-19(2)14-21(4)35(41,43-31)23(6)32(39)42-18-20(3)25-10-12-33(7)16-26-24(17-36)15-29(38)30(26)34(8,40)13-11-27(25)33/h11,19-26,29-31,36,38,40-41H,9-10,12-18H2,1-8H3/t19-,20-,21-,22-,23+,24+,25-,26-,29-,30+,31+,33-,34+,35-/m1/s1. The van der Waals surface area contributed by atoms with Gasteiger partial charge in [-0.15, -0.1) is 0 Å². The molecule has 2 saturated carbocycles. The van der Waals surface area contributed by atoms with Crippen LogP contribution in [0.15, 0.2) is 11.6 Å². The Morgan fingerprint density at radius 3 is 2.44 bits per heavy atom. The summed E-state index contributed by atoms with van der Waals surface area (Å²) in [6, 6.07) is 0. The van der Waals surface area contributed by atoms with Crippen LogP contribution in [0.1, 0.15) is 100 Å². The van der Waals surface area contributed by atoms with Crippen LogP contribution >= 0.6 is 0 Å². The zero-order valence-electron chi connectivity index (χ0n) is 27.7. The Labute approximate surface area is 258 Å². The van der Waals surface area contributed by atoms with Crippen molar-refractivity contribution < 1.29 is 39.5 Å². The summed E-state index contributed by atoms with van der Waals surface area (Å²) < 4.78 is 12.1. The van der Waals surface area contributed by atoms with Gasteiger partial charge in [-0.1, -0.05) is 53.2 Å². The van der Waals surface area contributed by atoms with Crippen molar-refractivity contribution in [3.05, 3.63) is 11.6 Å². The molecule has 14 atom stereocenters. The lowest BCUT2D eigenvalue weighted by Crippen LogP contribution is -2.57. The smallest absolute Gasteiger partial charge is 0.314 e. The number of rotatable bonds is 9. The van der Waals surface area contributed by atoms with Gasteiger partial charge in [0.25, 0.3) is 0 Å². The minimum absolute atomic E-state index is 0.0135. The number of aliphatic hydroxyl groups excluding tert-OH is 2. The van der Waals surface area contributed by atoms with Crippen LogP contribution in [-0.2, 0) is 19.1 Å². The van der Waals surface area contributed by atoms with E-state index in [1.54, 1.807) is 6.92 Å². The normalized spacial score (nSPS) is 45.2. The molecule has 8 nitrogen and oxygen atoms in total. The van der Waals surface area contributed by atoms with E-state index in [-0.39, 0.29) is 71.8 Å². The maximum atomic E-state index is 13.4. The fraction of sp³-hybridized carbons (Fsp3) is 0.886. The number of Topliss-reactive ketones (excluding diaryl/α,β-unsaturated/α-hetero) is 1. The van der Waals surface area contributed by atoms with Crippen LogP contribution in [-0.4, -0.2) is 69.0 Å². The first-order chi connectivity index (χ1) is 20.0. The number of esters is 1. The van der Waals surface area contributed by atoms with Crippen molar-refractivity contribution in [1.29, 1.82) is 0 Å². The van der Waals surface area contributed by atoms with Crippen LogP contribution in [0.3, 0.4) is 0 Å². The number of ether oxygens (including phenoxy) is 2. The van der Waals surface area contributed by atoms with E-state index in [2.05, 4.69) is 19.9 Å². The largest absolute Gasteiger partial charge is 0.465 e. The zero-order chi connectivity index (χ0) is 32.1. The summed E-state index contributed by atoms with van der Waals surface area (Å²) in [5.74, 6) is -3.69. The Kier molecular flexibility index (Phi) is 10.3. The van der Waals surface area contributed by atoms with E-state index in [4.69, 9.17) is 9.47 Å². The predicted molar refractivity (Wildman–Crippen MR) is 163 cm³/mol. The Morgan fingerprint density at radius 2 is 1.81 bits per heavy atom. The van der Waals surface area contributed by atoms with Crippen molar-refractivity contribution in [2.24, 2.45) is 58.7 Å². The van der Waals surface area contributed by atoms with Gasteiger partial charge in [0.1, 0.15) is 11.7 Å². The highest BCUT2D eigenvalue weighted by molar-refractivity contribution is 5.81. The van der Waals surface area contributed by atoms with E-state index in [1.165, 1.54) is 5.57 Å². The molecule has 1 aliphatic heterocycles. The number of carbonyl (C=O) groups is 2. The number of hydrogen-bond acceptors (Lipinski definition) is 8. The number of aliphatic hydroxyl groups is 4. The molecule has 0 aromatic carbocycles. The number of hydrogen-bond donors (Lipinski definition) is 4. The third-order valence-electron chi connectivity index (χ3n) is 12.3. The molecule has 0 amide bonds. The topological polar surface area (TPSA) is 134 Å². The molecule has 246 valence electrons. The van der Waals surface area contributed by atoms with Crippen molar-refractivity contribution in [3.63, 3.8) is 0 Å². The van der Waals surface area contributed by atoms with Crippen LogP contribution in [0.4, 0.5) is 0 Å². The van der Waals surface area contributed by atoms with Crippen LogP contribution in [0, 0.1) is 58.7 Å². The van der Waals surface area contributed by atoms with Crippen LogP contribution in [0.2, 0.25) is 0 Å². The average Bonchev–Trinajstić information content (AvgIpc) is 3.45. The van der Waals surface area contributed by atoms with Crippen LogP contribution in [0.5, 0.6) is 0 Å². The summed E-state index contributed by atoms with van der Waals surface area (Å²) in [5.41, 5.74) is 0.114. The summed E-state index contributed by atoms with van der Waals surface area (Å²) in [6.07, 6.45) is 5.81. The molecule has 0 bridgehead atoms. The van der Waals surface area contributed by atoms with Crippen molar-refractivity contribution in [2.75, 3.05) is 13.2 Å². The van der Waals surface area contributed by atoms with Gasteiger partial charge in [-0.25, -0.2) is 0 Å². The van der Waals surface area contributed by atoms with Crippen LogP contribution < -0.4 is 0 Å². The van der Waals surface area contributed by atoms with Crippen molar-refractivity contribution in [3.8, 4) is 0 Å². The first-order valence-electron chi connectivity index (χ1n) is 16.8. The molecular weight excluding hydrogens is 548 g/mol. The quantitative estimate of drug-likeness (QED) is 0.220. The van der Waals surface area contributed by atoms with Crippen LogP contribution in [0.25, 0.3) is 0 Å². The molecule has 8 heteroatoms. The second-order valence-electron chi connectivity index (χ2n) is 15.5.